The number of piperidine rings is 1. The summed E-state index contributed by atoms with van der Waals surface area (Å²) in [6, 6.07) is 1.38. The minimum atomic E-state index is -4.52. The molecule has 148 valence electrons. The number of hydrogen-bond donors (Lipinski definition) is 5. The van der Waals surface area contributed by atoms with Crippen LogP contribution in [0.5, 0.6) is 0 Å². The first kappa shape index (κ1) is 18.2. The third-order valence-electron chi connectivity index (χ3n) is 5.61. The standard InChI is InChI=1S/C15H21N5O6S/c1-7-11-6-16-14-17-8(2-9-4-13(21)19-15(22)18-9)3-10(20(11)14)5-12(7)26-27(23,24)25/h4,7-8,10-12H,2-3,5-6H2,1H3,(H4,16,17,18,19,21,22,23,24,25)/p+1/t7-,8+,10+,11-,12+/m1/s1. The third-order valence-corrected chi connectivity index (χ3v) is 6.10. The highest BCUT2D eigenvalue weighted by atomic mass is 32.3. The Morgan fingerprint density at radius 2 is 2.07 bits per heavy atom. The number of nitrogens with one attached hydrogen (secondary N) is 4. The fourth-order valence-electron chi connectivity index (χ4n) is 4.52. The number of hydrogen-bond acceptors (Lipinski definition) is 7. The fraction of sp³-hybridized carbons (Fsp3) is 0.667. The van der Waals surface area contributed by atoms with E-state index in [0.717, 1.165) is 5.96 Å². The second-order valence-electron chi connectivity index (χ2n) is 7.41. The van der Waals surface area contributed by atoms with Crippen molar-refractivity contribution in [3.63, 3.8) is 0 Å². The number of H-pyrrole nitrogens is 2. The predicted octanol–water partition coefficient (Wildman–Crippen LogP) is -2.10. The van der Waals surface area contributed by atoms with Crippen LogP contribution in [0.4, 0.5) is 0 Å². The van der Waals surface area contributed by atoms with Crippen molar-refractivity contribution in [3.05, 3.63) is 32.6 Å². The van der Waals surface area contributed by atoms with Gasteiger partial charge in [-0.2, -0.15) is 8.42 Å². The summed E-state index contributed by atoms with van der Waals surface area (Å²) in [4.78, 5) is 27.7. The molecular formula is C15H22N5O6S+. The Morgan fingerprint density at radius 1 is 1.30 bits per heavy atom. The molecule has 12 heteroatoms. The molecule has 1 aromatic heterocycles. The Hall–Kier alpha value is -2.18. The lowest BCUT2D eigenvalue weighted by Crippen LogP contribution is -2.59. The summed E-state index contributed by atoms with van der Waals surface area (Å²) in [5, 5.41) is 6.71. The van der Waals surface area contributed by atoms with Crippen molar-refractivity contribution in [2.45, 2.75) is 50.4 Å². The second kappa shape index (κ2) is 6.46. The molecule has 0 amide bonds. The van der Waals surface area contributed by atoms with E-state index in [0.29, 0.717) is 31.5 Å². The Labute approximate surface area is 154 Å². The zero-order valence-electron chi connectivity index (χ0n) is 14.6. The predicted molar refractivity (Wildman–Crippen MR) is 94.0 cm³/mol. The fourth-order valence-corrected chi connectivity index (χ4v) is 5.09. The molecule has 27 heavy (non-hydrogen) atoms. The Morgan fingerprint density at radius 3 is 2.78 bits per heavy atom. The minimum absolute atomic E-state index is 0.0166. The van der Waals surface area contributed by atoms with Gasteiger partial charge in [-0.1, -0.05) is 6.92 Å². The van der Waals surface area contributed by atoms with Crippen LogP contribution in [0.25, 0.3) is 0 Å². The number of rotatable bonds is 4. The lowest BCUT2D eigenvalue weighted by atomic mass is 9.83. The SMILES string of the molecule is C[C@H]1[C@@H](OS(=O)(=O)O)C[C@@H]2C[C@H](Cc3cc(=O)[nH]c(=O)[nH]3)NC3=[N+]2[C@@H]1CN3. The van der Waals surface area contributed by atoms with E-state index in [9.17, 15) is 18.0 Å². The highest BCUT2D eigenvalue weighted by Crippen LogP contribution is 2.33. The van der Waals surface area contributed by atoms with Gasteiger partial charge < -0.3 is 4.98 Å². The van der Waals surface area contributed by atoms with Crippen molar-refractivity contribution >= 4 is 16.4 Å². The van der Waals surface area contributed by atoms with Gasteiger partial charge >= 0.3 is 22.0 Å². The van der Waals surface area contributed by atoms with Gasteiger partial charge in [0.2, 0.25) is 0 Å². The zero-order valence-corrected chi connectivity index (χ0v) is 15.5. The summed E-state index contributed by atoms with van der Waals surface area (Å²) in [5.41, 5.74) is -0.472. The van der Waals surface area contributed by atoms with Crippen molar-refractivity contribution in [2.24, 2.45) is 5.92 Å². The average Bonchev–Trinajstić information content (AvgIpc) is 2.94. The first-order valence-corrected chi connectivity index (χ1v) is 10.2. The molecule has 0 spiro atoms. The summed E-state index contributed by atoms with van der Waals surface area (Å²) in [6.07, 6.45) is 0.963. The van der Waals surface area contributed by atoms with Crippen LogP contribution in [0.2, 0.25) is 0 Å². The molecule has 5 atom stereocenters. The molecule has 3 aliphatic heterocycles. The topological polar surface area (TPSA) is 156 Å². The van der Waals surface area contributed by atoms with Crippen molar-refractivity contribution in [3.8, 4) is 0 Å². The summed E-state index contributed by atoms with van der Waals surface area (Å²) < 4.78 is 38.6. The van der Waals surface area contributed by atoms with Crippen LogP contribution in [0.3, 0.4) is 0 Å². The van der Waals surface area contributed by atoms with Gasteiger partial charge in [-0.25, -0.2) is 8.98 Å². The smallest absolute Gasteiger partial charge is 0.311 e. The lowest BCUT2D eigenvalue weighted by Gasteiger charge is -2.40. The molecule has 1 fully saturated rings. The van der Waals surface area contributed by atoms with Crippen molar-refractivity contribution in [1.29, 1.82) is 0 Å². The molecule has 5 N–H and O–H groups in total. The largest absolute Gasteiger partial charge is 0.397 e. The summed E-state index contributed by atoms with van der Waals surface area (Å²) in [5.74, 6) is 0.779. The molecule has 1 aromatic rings. The second-order valence-corrected chi connectivity index (χ2v) is 8.46. The van der Waals surface area contributed by atoms with Gasteiger partial charge in [-0.05, 0) is 0 Å². The number of nitrogens with zero attached hydrogens (tertiary/aromatic N) is 1. The third kappa shape index (κ3) is 3.64. The maximum atomic E-state index is 11.5. The Balaban J connectivity index is 1.57. The molecule has 0 unspecified atom stereocenters. The van der Waals surface area contributed by atoms with Crippen LogP contribution in [-0.4, -0.2) is 64.2 Å². The molecule has 0 saturated carbocycles. The molecule has 1 saturated heterocycles. The van der Waals surface area contributed by atoms with E-state index < -0.39 is 27.8 Å². The molecule has 0 aromatic carbocycles. The van der Waals surface area contributed by atoms with Gasteiger partial charge in [0.15, 0.2) is 0 Å². The van der Waals surface area contributed by atoms with Crippen LogP contribution in [0.1, 0.15) is 25.5 Å². The molecule has 3 aliphatic rings. The first-order valence-electron chi connectivity index (χ1n) is 8.83. The van der Waals surface area contributed by atoms with Gasteiger partial charge in [0.1, 0.15) is 6.04 Å². The lowest BCUT2D eigenvalue weighted by molar-refractivity contribution is -0.620. The van der Waals surface area contributed by atoms with Gasteiger partial charge in [0, 0.05) is 36.9 Å². The highest BCUT2D eigenvalue weighted by molar-refractivity contribution is 7.80. The van der Waals surface area contributed by atoms with Crippen LogP contribution >= 0.6 is 0 Å². The van der Waals surface area contributed by atoms with Gasteiger partial charge in [-0.15, -0.1) is 0 Å². The molecule has 0 aliphatic carbocycles. The van der Waals surface area contributed by atoms with Gasteiger partial charge in [-0.3, -0.25) is 29.5 Å². The van der Waals surface area contributed by atoms with Crippen molar-refractivity contribution in [2.75, 3.05) is 6.54 Å². The van der Waals surface area contributed by atoms with E-state index in [2.05, 4.69) is 25.2 Å². The van der Waals surface area contributed by atoms with Crippen molar-refractivity contribution in [1.82, 2.24) is 20.6 Å². The van der Waals surface area contributed by atoms with E-state index in [-0.39, 0.29) is 24.0 Å². The van der Waals surface area contributed by atoms with E-state index >= 15 is 0 Å². The molecule has 4 rings (SSSR count). The Bertz CT molecular complexity index is 970. The number of aromatic nitrogens is 2. The van der Waals surface area contributed by atoms with Crippen LogP contribution in [0, 0.1) is 5.92 Å². The normalized spacial score (nSPS) is 32.6. The molecule has 0 bridgehead atoms. The van der Waals surface area contributed by atoms with Gasteiger partial charge in [0.05, 0.1) is 24.7 Å². The maximum absolute atomic E-state index is 11.5. The van der Waals surface area contributed by atoms with Crippen molar-refractivity contribution < 1.29 is 21.7 Å². The number of guanidine groups is 1. The van der Waals surface area contributed by atoms with Crippen LogP contribution < -0.4 is 21.9 Å². The average molecular weight is 400 g/mol. The Kier molecular flexibility index (Phi) is 4.35. The minimum Gasteiger partial charge on any atom is -0.311 e. The monoisotopic (exact) mass is 400 g/mol. The molecule has 4 heterocycles. The van der Waals surface area contributed by atoms with E-state index in [4.69, 9.17) is 8.74 Å². The van der Waals surface area contributed by atoms with Crippen LogP contribution in [0.15, 0.2) is 15.7 Å². The highest BCUT2D eigenvalue weighted by Gasteiger charge is 2.51. The summed E-state index contributed by atoms with van der Waals surface area (Å²) >= 11 is 0. The van der Waals surface area contributed by atoms with E-state index in [1.807, 2.05) is 6.92 Å². The first-order chi connectivity index (χ1) is 12.7. The van der Waals surface area contributed by atoms with E-state index in [1.165, 1.54) is 6.07 Å². The maximum Gasteiger partial charge on any atom is 0.397 e. The zero-order chi connectivity index (χ0) is 19.3. The molecular weight excluding hydrogens is 378 g/mol. The van der Waals surface area contributed by atoms with Crippen LogP contribution in [-0.2, 0) is 21.0 Å². The quantitative estimate of drug-likeness (QED) is 0.284. The number of aromatic amines is 2. The van der Waals surface area contributed by atoms with Gasteiger partial charge in [0.25, 0.3) is 5.56 Å². The van der Waals surface area contributed by atoms with E-state index in [1.54, 1.807) is 0 Å². The summed E-state index contributed by atoms with van der Waals surface area (Å²) in [7, 11) is -4.52. The summed E-state index contributed by atoms with van der Waals surface area (Å²) in [6.45, 7) is 2.55. The molecule has 0 radical (unpaired) electrons. The molecule has 11 nitrogen and oxygen atoms in total.